The van der Waals surface area contributed by atoms with Crippen LogP contribution in [0.5, 0.6) is 0 Å². The molecule has 1 atom stereocenters. The molecule has 0 aliphatic heterocycles. The first kappa shape index (κ1) is 18.1. The minimum absolute atomic E-state index is 0.145. The number of sulfonamides is 1. The van der Waals surface area contributed by atoms with E-state index in [1.165, 1.54) is 4.31 Å². The van der Waals surface area contributed by atoms with Crippen LogP contribution < -0.4 is 5.32 Å². The molecule has 1 rings (SSSR count). The maximum Gasteiger partial charge on any atom is 0.242 e. The summed E-state index contributed by atoms with van der Waals surface area (Å²) >= 11 is 0. The van der Waals surface area contributed by atoms with Gasteiger partial charge >= 0.3 is 0 Å². The summed E-state index contributed by atoms with van der Waals surface area (Å²) in [5, 5.41) is 3.30. The van der Waals surface area contributed by atoms with Gasteiger partial charge in [0.05, 0.1) is 4.90 Å². The van der Waals surface area contributed by atoms with Crippen molar-refractivity contribution in [1.82, 2.24) is 9.62 Å². The Labute approximate surface area is 129 Å². The van der Waals surface area contributed by atoms with Crippen LogP contribution >= 0.6 is 0 Å². The van der Waals surface area contributed by atoms with Gasteiger partial charge in [-0.3, -0.25) is 0 Å². The molecule has 1 N–H and O–H groups in total. The van der Waals surface area contributed by atoms with Gasteiger partial charge in [-0.15, -0.1) is 0 Å². The van der Waals surface area contributed by atoms with Crippen molar-refractivity contribution >= 4 is 10.0 Å². The van der Waals surface area contributed by atoms with Crippen LogP contribution in [0.15, 0.2) is 29.2 Å². The second kappa shape index (κ2) is 7.92. The molecule has 1 unspecified atom stereocenters. The maximum absolute atomic E-state index is 12.6. The van der Waals surface area contributed by atoms with E-state index >= 15 is 0 Å². The van der Waals surface area contributed by atoms with Gasteiger partial charge in [-0.25, -0.2) is 12.7 Å². The second-order valence-corrected chi connectivity index (χ2v) is 7.91. The molecular formula is C16H28N2O2S. The zero-order valence-corrected chi connectivity index (χ0v) is 14.6. The molecule has 0 fully saturated rings. The molecule has 5 heteroatoms. The Morgan fingerprint density at radius 1 is 1.24 bits per heavy atom. The summed E-state index contributed by atoms with van der Waals surface area (Å²) in [4.78, 5) is 0.371. The fourth-order valence-electron chi connectivity index (χ4n) is 2.11. The SMILES string of the molecule is CCNC(C)c1cccc(S(=O)(=O)N(C)CCC(C)C)c1. The van der Waals surface area contributed by atoms with E-state index in [2.05, 4.69) is 19.2 Å². The molecule has 4 nitrogen and oxygen atoms in total. The normalized spacial score (nSPS) is 13.9. The lowest BCUT2D eigenvalue weighted by Gasteiger charge is -2.19. The van der Waals surface area contributed by atoms with Crippen LogP contribution in [0.3, 0.4) is 0 Å². The van der Waals surface area contributed by atoms with Crippen LogP contribution in [-0.2, 0) is 10.0 Å². The molecule has 0 aromatic heterocycles. The third kappa shape index (κ3) is 5.09. The van der Waals surface area contributed by atoms with Gasteiger partial charge in [-0.05, 0) is 43.5 Å². The predicted octanol–water partition coefficient (Wildman–Crippen LogP) is 3.02. The maximum atomic E-state index is 12.6. The van der Waals surface area contributed by atoms with Gasteiger partial charge in [0.15, 0.2) is 0 Å². The summed E-state index contributed by atoms with van der Waals surface area (Å²) in [6.07, 6.45) is 0.864. The van der Waals surface area contributed by atoms with Gasteiger partial charge in [0.1, 0.15) is 0 Å². The Morgan fingerprint density at radius 3 is 2.48 bits per heavy atom. The van der Waals surface area contributed by atoms with E-state index in [1.807, 2.05) is 26.0 Å². The average molecular weight is 312 g/mol. The molecule has 0 saturated heterocycles. The fraction of sp³-hybridized carbons (Fsp3) is 0.625. The van der Waals surface area contributed by atoms with Gasteiger partial charge in [0.2, 0.25) is 10.0 Å². The zero-order valence-electron chi connectivity index (χ0n) is 13.8. The largest absolute Gasteiger partial charge is 0.310 e. The number of hydrogen-bond acceptors (Lipinski definition) is 3. The highest BCUT2D eigenvalue weighted by molar-refractivity contribution is 7.89. The van der Waals surface area contributed by atoms with E-state index in [1.54, 1.807) is 19.2 Å². The lowest BCUT2D eigenvalue weighted by molar-refractivity contribution is 0.428. The van der Waals surface area contributed by atoms with Crippen LogP contribution in [0, 0.1) is 5.92 Å². The highest BCUT2D eigenvalue weighted by atomic mass is 32.2. The first-order valence-electron chi connectivity index (χ1n) is 7.58. The fourth-order valence-corrected chi connectivity index (χ4v) is 3.35. The van der Waals surface area contributed by atoms with Gasteiger partial charge in [0, 0.05) is 19.6 Å². The summed E-state index contributed by atoms with van der Waals surface area (Å²) in [5.41, 5.74) is 0.996. The molecule has 0 aliphatic rings. The third-order valence-corrected chi connectivity index (χ3v) is 5.45. The Balaban J connectivity index is 2.95. The molecule has 0 heterocycles. The van der Waals surface area contributed by atoms with Gasteiger partial charge in [-0.2, -0.15) is 0 Å². The van der Waals surface area contributed by atoms with Crippen molar-refractivity contribution in [3.8, 4) is 0 Å². The van der Waals surface area contributed by atoms with Crippen LogP contribution in [0.4, 0.5) is 0 Å². The summed E-state index contributed by atoms with van der Waals surface area (Å²) in [6.45, 7) is 9.67. The summed E-state index contributed by atoms with van der Waals surface area (Å²) in [6, 6.07) is 7.36. The highest BCUT2D eigenvalue weighted by Gasteiger charge is 2.21. The molecule has 0 aliphatic carbocycles. The zero-order chi connectivity index (χ0) is 16.0. The standard InChI is InChI=1S/C16H28N2O2S/c1-6-17-14(4)15-8-7-9-16(12-15)21(19,20)18(5)11-10-13(2)3/h7-9,12-14,17H,6,10-11H2,1-5H3. The monoisotopic (exact) mass is 312 g/mol. The molecule has 120 valence electrons. The van der Waals surface area contributed by atoms with E-state index in [0.717, 1.165) is 18.5 Å². The summed E-state index contributed by atoms with van der Waals surface area (Å²) in [5.74, 6) is 0.489. The second-order valence-electron chi connectivity index (χ2n) is 5.86. The predicted molar refractivity (Wildman–Crippen MR) is 87.8 cm³/mol. The molecule has 21 heavy (non-hydrogen) atoms. The van der Waals surface area contributed by atoms with E-state index < -0.39 is 10.0 Å². The first-order valence-corrected chi connectivity index (χ1v) is 9.02. The van der Waals surface area contributed by atoms with E-state index in [-0.39, 0.29) is 6.04 Å². The topological polar surface area (TPSA) is 49.4 Å². The Kier molecular flexibility index (Phi) is 6.84. The lowest BCUT2D eigenvalue weighted by atomic mass is 10.1. The van der Waals surface area contributed by atoms with E-state index in [0.29, 0.717) is 17.4 Å². The average Bonchev–Trinajstić information content (AvgIpc) is 2.45. The summed E-state index contributed by atoms with van der Waals surface area (Å²) < 4.78 is 26.6. The molecule has 1 aromatic rings. The van der Waals surface area contributed by atoms with Gasteiger partial charge < -0.3 is 5.32 Å². The first-order chi connectivity index (χ1) is 9.78. The molecule has 0 amide bonds. The number of benzene rings is 1. The Hall–Kier alpha value is -0.910. The number of nitrogens with one attached hydrogen (secondary N) is 1. The van der Waals surface area contributed by atoms with Crippen molar-refractivity contribution in [3.05, 3.63) is 29.8 Å². The van der Waals surface area contributed by atoms with E-state index in [9.17, 15) is 8.42 Å². The van der Waals surface area contributed by atoms with Crippen molar-refractivity contribution < 1.29 is 8.42 Å². The van der Waals surface area contributed by atoms with Crippen molar-refractivity contribution in [3.63, 3.8) is 0 Å². The highest BCUT2D eigenvalue weighted by Crippen LogP contribution is 2.20. The quantitative estimate of drug-likeness (QED) is 0.803. The van der Waals surface area contributed by atoms with Crippen molar-refractivity contribution in [2.24, 2.45) is 5.92 Å². The molecular weight excluding hydrogens is 284 g/mol. The Morgan fingerprint density at radius 2 is 1.90 bits per heavy atom. The molecule has 0 radical (unpaired) electrons. The van der Waals surface area contributed by atoms with Crippen LogP contribution in [0.2, 0.25) is 0 Å². The van der Waals surface area contributed by atoms with Crippen LogP contribution in [-0.4, -0.2) is 32.9 Å². The molecule has 0 spiro atoms. The summed E-state index contributed by atoms with van der Waals surface area (Å²) in [7, 11) is -1.75. The minimum Gasteiger partial charge on any atom is -0.310 e. The smallest absolute Gasteiger partial charge is 0.242 e. The molecule has 0 bridgehead atoms. The van der Waals surface area contributed by atoms with Crippen molar-refractivity contribution in [2.75, 3.05) is 20.1 Å². The lowest BCUT2D eigenvalue weighted by Crippen LogP contribution is -2.29. The molecule has 0 saturated carbocycles. The molecule has 1 aromatic carbocycles. The van der Waals surface area contributed by atoms with Gasteiger partial charge in [0.25, 0.3) is 0 Å². The van der Waals surface area contributed by atoms with Crippen LogP contribution in [0.25, 0.3) is 0 Å². The van der Waals surface area contributed by atoms with Crippen LogP contribution in [0.1, 0.15) is 45.7 Å². The Bertz CT molecular complexity index is 541. The van der Waals surface area contributed by atoms with E-state index in [4.69, 9.17) is 0 Å². The minimum atomic E-state index is -3.40. The van der Waals surface area contributed by atoms with Crippen molar-refractivity contribution in [2.45, 2.75) is 45.1 Å². The van der Waals surface area contributed by atoms with Gasteiger partial charge in [-0.1, -0.05) is 32.9 Å². The number of rotatable bonds is 8. The number of hydrogen-bond donors (Lipinski definition) is 1. The number of nitrogens with zero attached hydrogens (tertiary/aromatic N) is 1. The third-order valence-electron chi connectivity index (χ3n) is 3.60. The van der Waals surface area contributed by atoms with Crippen molar-refractivity contribution in [1.29, 1.82) is 0 Å².